The maximum Gasteiger partial charge on any atom is 0.189 e. The molecule has 3 aromatic carbocycles. The van der Waals surface area contributed by atoms with Crippen LogP contribution < -0.4 is 4.74 Å². The second-order valence-corrected chi connectivity index (χ2v) is 9.28. The lowest BCUT2D eigenvalue weighted by Crippen LogP contribution is -2.20. The molecular formula is C26H26N6O3. The van der Waals surface area contributed by atoms with E-state index in [0.717, 1.165) is 36.8 Å². The van der Waals surface area contributed by atoms with Crippen LogP contribution in [0.5, 0.6) is 17.2 Å². The molecule has 1 aliphatic carbocycles. The van der Waals surface area contributed by atoms with Crippen molar-refractivity contribution in [3.05, 3.63) is 53.6 Å². The van der Waals surface area contributed by atoms with Gasteiger partial charge in [-0.1, -0.05) is 18.6 Å². The smallest absolute Gasteiger partial charge is 0.189 e. The van der Waals surface area contributed by atoms with Crippen molar-refractivity contribution < 1.29 is 14.9 Å². The number of ether oxygens (including phenoxy) is 1. The Morgan fingerprint density at radius 1 is 0.714 bits per heavy atom. The average Bonchev–Trinajstić information content (AvgIpc) is 3.45. The molecule has 1 aliphatic rings. The normalized spacial score (nSPS) is 14.7. The van der Waals surface area contributed by atoms with Gasteiger partial charge in [-0.3, -0.25) is 0 Å². The summed E-state index contributed by atoms with van der Waals surface area (Å²) >= 11 is 0. The predicted molar refractivity (Wildman–Crippen MR) is 132 cm³/mol. The monoisotopic (exact) mass is 470 g/mol. The van der Waals surface area contributed by atoms with Crippen molar-refractivity contribution in [3.8, 4) is 28.6 Å². The van der Waals surface area contributed by atoms with Gasteiger partial charge in [-0.25, -0.2) is 0 Å². The van der Waals surface area contributed by atoms with Crippen molar-refractivity contribution >= 4 is 22.1 Å². The second kappa shape index (κ2) is 8.26. The number of aromatic hydroxyl groups is 2. The fourth-order valence-electron chi connectivity index (χ4n) is 4.66. The Bertz CT molecular complexity index is 1560. The molecule has 1 fully saturated rings. The van der Waals surface area contributed by atoms with E-state index in [-0.39, 0.29) is 34.7 Å². The molecule has 5 aromatic rings. The SMILES string of the molecule is Cc1ccc2nn(-c3cc(OC4CCCCC4)c(O)c(-n4nc5ccc(C)cc5n4)c3O)nc2c1. The Balaban J connectivity index is 1.54. The largest absolute Gasteiger partial charge is 0.504 e. The van der Waals surface area contributed by atoms with Crippen molar-refractivity contribution in [1.29, 1.82) is 0 Å². The molecule has 0 aliphatic heterocycles. The Morgan fingerprint density at radius 3 is 1.94 bits per heavy atom. The van der Waals surface area contributed by atoms with Crippen molar-refractivity contribution in [3.63, 3.8) is 0 Å². The number of rotatable bonds is 4. The molecule has 0 unspecified atom stereocenters. The predicted octanol–water partition coefficient (Wildman–Crippen LogP) is 4.89. The molecule has 2 aromatic heterocycles. The molecule has 9 heteroatoms. The molecule has 0 spiro atoms. The zero-order valence-corrected chi connectivity index (χ0v) is 19.6. The van der Waals surface area contributed by atoms with Gasteiger partial charge < -0.3 is 14.9 Å². The summed E-state index contributed by atoms with van der Waals surface area (Å²) in [6.07, 6.45) is 5.17. The number of benzene rings is 3. The number of hydrogen-bond acceptors (Lipinski definition) is 7. The minimum absolute atomic E-state index is 0.0144. The van der Waals surface area contributed by atoms with Crippen LogP contribution in [0.1, 0.15) is 43.2 Å². The Labute approximate surface area is 201 Å². The van der Waals surface area contributed by atoms with Gasteiger partial charge in [0.1, 0.15) is 27.8 Å². The number of aryl methyl sites for hydroxylation is 2. The van der Waals surface area contributed by atoms with Crippen LogP contribution in [0, 0.1) is 13.8 Å². The summed E-state index contributed by atoms with van der Waals surface area (Å²) in [7, 11) is 0. The average molecular weight is 471 g/mol. The van der Waals surface area contributed by atoms with E-state index in [4.69, 9.17) is 4.74 Å². The van der Waals surface area contributed by atoms with Gasteiger partial charge in [0, 0.05) is 6.07 Å². The molecule has 6 rings (SSSR count). The zero-order chi connectivity index (χ0) is 24.1. The molecule has 0 bridgehead atoms. The summed E-state index contributed by atoms with van der Waals surface area (Å²) in [6.45, 7) is 3.96. The maximum absolute atomic E-state index is 11.3. The highest BCUT2D eigenvalue weighted by molar-refractivity contribution is 5.78. The highest BCUT2D eigenvalue weighted by atomic mass is 16.5. The summed E-state index contributed by atoms with van der Waals surface area (Å²) in [5, 5.41) is 40.7. The van der Waals surface area contributed by atoms with Gasteiger partial charge in [0.15, 0.2) is 22.9 Å². The van der Waals surface area contributed by atoms with E-state index in [1.165, 1.54) is 16.0 Å². The minimum Gasteiger partial charge on any atom is -0.504 e. The van der Waals surface area contributed by atoms with E-state index < -0.39 is 0 Å². The van der Waals surface area contributed by atoms with Gasteiger partial charge in [0.05, 0.1) is 6.10 Å². The lowest BCUT2D eigenvalue weighted by Gasteiger charge is -2.24. The topological polar surface area (TPSA) is 111 Å². The fraction of sp³-hybridized carbons (Fsp3) is 0.308. The second-order valence-electron chi connectivity index (χ2n) is 9.28. The number of fused-ring (bicyclic) bond motifs is 2. The summed E-state index contributed by atoms with van der Waals surface area (Å²) < 4.78 is 6.25. The fourth-order valence-corrected chi connectivity index (χ4v) is 4.66. The highest BCUT2D eigenvalue weighted by Crippen LogP contribution is 2.44. The molecule has 2 N–H and O–H groups in total. The van der Waals surface area contributed by atoms with E-state index in [0.29, 0.717) is 22.1 Å². The van der Waals surface area contributed by atoms with Gasteiger partial charge in [-0.15, -0.1) is 30.0 Å². The number of aromatic nitrogens is 6. The first-order valence-electron chi connectivity index (χ1n) is 11.9. The zero-order valence-electron chi connectivity index (χ0n) is 19.6. The maximum atomic E-state index is 11.3. The molecular weight excluding hydrogens is 444 g/mol. The van der Waals surface area contributed by atoms with E-state index in [2.05, 4.69) is 20.4 Å². The van der Waals surface area contributed by atoms with Crippen LogP contribution in [0.2, 0.25) is 0 Å². The third kappa shape index (κ3) is 3.82. The first kappa shape index (κ1) is 21.4. The van der Waals surface area contributed by atoms with Crippen LogP contribution in [-0.4, -0.2) is 46.3 Å². The first-order valence-corrected chi connectivity index (χ1v) is 11.9. The quantitative estimate of drug-likeness (QED) is 0.384. The van der Waals surface area contributed by atoms with E-state index in [1.807, 2.05) is 50.2 Å². The van der Waals surface area contributed by atoms with Crippen molar-refractivity contribution in [1.82, 2.24) is 30.0 Å². The third-order valence-electron chi connectivity index (χ3n) is 6.53. The van der Waals surface area contributed by atoms with Crippen molar-refractivity contribution in [2.75, 3.05) is 0 Å². The molecule has 0 amide bonds. The van der Waals surface area contributed by atoms with Crippen LogP contribution in [0.4, 0.5) is 0 Å². The Morgan fingerprint density at radius 2 is 1.29 bits per heavy atom. The third-order valence-corrected chi connectivity index (χ3v) is 6.53. The van der Waals surface area contributed by atoms with Gasteiger partial charge in [0.25, 0.3) is 0 Å². The van der Waals surface area contributed by atoms with Gasteiger partial charge in [-0.2, -0.15) is 0 Å². The molecule has 0 atom stereocenters. The van der Waals surface area contributed by atoms with Crippen LogP contribution in [0.15, 0.2) is 42.5 Å². The van der Waals surface area contributed by atoms with Crippen molar-refractivity contribution in [2.24, 2.45) is 0 Å². The lowest BCUT2D eigenvalue weighted by atomic mass is 9.98. The van der Waals surface area contributed by atoms with E-state index >= 15 is 0 Å². The standard InChI is InChI=1S/C26H26N6O3/c1-15-8-10-18-20(12-15)29-31(27-18)22-14-23(35-17-6-4-3-5-7-17)26(34)24(25(22)33)32-28-19-11-9-16(2)13-21(19)30-32/h8-14,17,33-34H,3-7H2,1-2H3. The number of phenolic OH excluding ortho intramolecular Hbond substituents is 2. The summed E-state index contributed by atoms with van der Waals surface area (Å²) in [6, 6.07) is 13.1. The molecule has 9 nitrogen and oxygen atoms in total. The summed E-state index contributed by atoms with van der Waals surface area (Å²) in [5.41, 5.74) is 5.09. The van der Waals surface area contributed by atoms with Crippen molar-refractivity contribution in [2.45, 2.75) is 52.1 Å². The minimum atomic E-state index is -0.243. The van der Waals surface area contributed by atoms with Gasteiger partial charge in [-0.05, 0) is 74.9 Å². The molecule has 0 saturated heterocycles. The Kier molecular flexibility index (Phi) is 5.05. The number of phenols is 2. The highest BCUT2D eigenvalue weighted by Gasteiger charge is 2.26. The number of hydrogen-bond donors (Lipinski definition) is 2. The molecule has 35 heavy (non-hydrogen) atoms. The van der Waals surface area contributed by atoms with Crippen LogP contribution in [0.3, 0.4) is 0 Å². The summed E-state index contributed by atoms with van der Waals surface area (Å²) in [5.74, 6) is -0.219. The van der Waals surface area contributed by atoms with Crippen LogP contribution in [-0.2, 0) is 0 Å². The van der Waals surface area contributed by atoms with Crippen LogP contribution >= 0.6 is 0 Å². The van der Waals surface area contributed by atoms with Gasteiger partial charge >= 0.3 is 0 Å². The molecule has 1 saturated carbocycles. The first-order chi connectivity index (χ1) is 17.0. The van der Waals surface area contributed by atoms with Gasteiger partial charge in [0.2, 0.25) is 0 Å². The lowest BCUT2D eigenvalue weighted by molar-refractivity contribution is 0.149. The molecule has 0 radical (unpaired) electrons. The van der Waals surface area contributed by atoms with Crippen LogP contribution in [0.25, 0.3) is 33.4 Å². The van der Waals surface area contributed by atoms with E-state index in [1.54, 1.807) is 6.07 Å². The molecule has 178 valence electrons. The van der Waals surface area contributed by atoms with E-state index in [9.17, 15) is 10.2 Å². The molecule has 2 heterocycles. The Hall–Kier alpha value is -4.14. The summed E-state index contributed by atoms with van der Waals surface area (Å²) in [4.78, 5) is 2.61. The number of nitrogens with zero attached hydrogens (tertiary/aromatic N) is 6.